The van der Waals surface area contributed by atoms with E-state index in [1.54, 1.807) is 0 Å². The van der Waals surface area contributed by atoms with Crippen LogP contribution in [0.25, 0.3) is 11.3 Å². The van der Waals surface area contributed by atoms with Crippen LogP contribution < -0.4 is 15.2 Å². The monoisotopic (exact) mass is 340 g/mol. The quantitative estimate of drug-likeness (QED) is 0.861. The molecule has 0 amide bonds. The summed E-state index contributed by atoms with van der Waals surface area (Å²) >= 11 is 5.87. The number of nitrogens with two attached hydrogens (primary N) is 1. The van der Waals surface area contributed by atoms with Crippen molar-refractivity contribution in [1.82, 2.24) is 4.98 Å². The van der Waals surface area contributed by atoms with E-state index in [-0.39, 0.29) is 39.2 Å². The van der Waals surface area contributed by atoms with E-state index < -0.39 is 11.8 Å². The molecule has 0 saturated heterocycles. The van der Waals surface area contributed by atoms with E-state index >= 15 is 0 Å². The van der Waals surface area contributed by atoms with Crippen molar-refractivity contribution in [2.24, 2.45) is 0 Å². The van der Waals surface area contributed by atoms with Gasteiger partial charge in [0.25, 0.3) is 0 Å². The van der Waals surface area contributed by atoms with Crippen LogP contribution in [0.3, 0.4) is 0 Å². The Balaban J connectivity index is 2.70. The third-order valence-corrected chi connectivity index (χ3v) is 3.41. The highest BCUT2D eigenvalue weighted by atomic mass is 35.5. The molecule has 23 heavy (non-hydrogen) atoms. The van der Waals surface area contributed by atoms with Crippen LogP contribution >= 0.6 is 11.6 Å². The zero-order chi connectivity index (χ0) is 17.1. The molecule has 2 aromatic rings. The number of hydrogen-bond donors (Lipinski definition) is 1. The molecular weight excluding hydrogens is 327 g/mol. The molecule has 1 heterocycles. The van der Waals surface area contributed by atoms with Crippen LogP contribution in [0.2, 0.25) is 5.02 Å². The molecule has 0 unspecified atom stereocenters. The maximum absolute atomic E-state index is 14.5. The highest BCUT2D eigenvalue weighted by Gasteiger charge is 2.22. The summed E-state index contributed by atoms with van der Waals surface area (Å²) < 4.78 is 29.1. The lowest BCUT2D eigenvalue weighted by atomic mass is 10.1. The van der Waals surface area contributed by atoms with Gasteiger partial charge in [-0.3, -0.25) is 0 Å². The molecule has 0 aliphatic carbocycles. The largest absolute Gasteiger partial charge is 0.492 e. The maximum atomic E-state index is 14.5. The molecule has 0 fully saturated rings. The number of esters is 1. The lowest BCUT2D eigenvalue weighted by molar-refractivity contribution is 0.0590. The highest BCUT2D eigenvalue weighted by Crippen LogP contribution is 2.36. The summed E-state index contributed by atoms with van der Waals surface area (Å²) in [5.74, 6) is -1.54. The summed E-state index contributed by atoms with van der Waals surface area (Å²) in [6.45, 7) is 0. The number of anilines is 1. The van der Waals surface area contributed by atoms with Crippen molar-refractivity contribution in [3.8, 4) is 22.8 Å². The van der Waals surface area contributed by atoms with E-state index in [1.807, 2.05) is 0 Å². The Morgan fingerprint density at radius 1 is 1.22 bits per heavy atom. The minimum absolute atomic E-state index is 0.0573. The van der Waals surface area contributed by atoms with Gasteiger partial charge < -0.3 is 19.9 Å². The Kier molecular flexibility index (Phi) is 4.90. The predicted octanol–water partition coefficient (Wildman–Crippen LogP) is 2.93. The molecule has 0 spiro atoms. The normalized spacial score (nSPS) is 10.3. The van der Waals surface area contributed by atoms with E-state index in [1.165, 1.54) is 39.5 Å². The Bertz CT molecular complexity index is 768. The number of nitrogen functional groups attached to an aromatic ring is 1. The van der Waals surface area contributed by atoms with Crippen molar-refractivity contribution in [3.05, 3.63) is 34.7 Å². The second-order valence-corrected chi connectivity index (χ2v) is 4.82. The molecule has 2 N–H and O–H groups in total. The van der Waals surface area contributed by atoms with Crippen molar-refractivity contribution < 1.29 is 23.4 Å². The van der Waals surface area contributed by atoms with Gasteiger partial charge in [0.05, 0.1) is 37.7 Å². The molecule has 0 saturated carbocycles. The van der Waals surface area contributed by atoms with Crippen LogP contribution in [-0.2, 0) is 4.74 Å². The lowest BCUT2D eigenvalue weighted by Gasteiger charge is -2.13. The van der Waals surface area contributed by atoms with Crippen molar-refractivity contribution in [2.75, 3.05) is 27.1 Å². The Labute approximate surface area is 136 Å². The van der Waals surface area contributed by atoms with Crippen LogP contribution in [0.15, 0.2) is 18.2 Å². The molecule has 2 rings (SSSR count). The van der Waals surface area contributed by atoms with Gasteiger partial charge in [0.15, 0.2) is 23.0 Å². The summed E-state index contributed by atoms with van der Waals surface area (Å²) in [6, 6.07) is 4.26. The van der Waals surface area contributed by atoms with E-state index in [2.05, 4.69) is 9.72 Å². The molecule has 0 atom stereocenters. The number of rotatable bonds is 4. The maximum Gasteiger partial charge on any atom is 0.360 e. The number of carbonyl (C=O) groups is 1. The lowest BCUT2D eigenvalue weighted by Crippen LogP contribution is -2.10. The molecule has 0 bridgehead atoms. The van der Waals surface area contributed by atoms with Crippen LogP contribution in [-0.4, -0.2) is 32.3 Å². The standard InChI is InChI=1S/C15H14ClFN2O4/c1-21-13-8(16)5-4-7(11(13)17)10-6-9(18)14(22-2)12(19-10)15(20)23-3/h4-6H,1-3H3,(H2,18,19). The summed E-state index contributed by atoms with van der Waals surface area (Å²) in [6.07, 6.45) is 0. The average molecular weight is 341 g/mol. The van der Waals surface area contributed by atoms with E-state index in [4.69, 9.17) is 26.8 Å². The van der Waals surface area contributed by atoms with Crippen LogP contribution in [0.1, 0.15) is 10.5 Å². The predicted molar refractivity (Wildman–Crippen MR) is 83.5 cm³/mol. The molecule has 0 aliphatic rings. The number of benzene rings is 1. The van der Waals surface area contributed by atoms with Crippen molar-refractivity contribution in [3.63, 3.8) is 0 Å². The van der Waals surface area contributed by atoms with Gasteiger partial charge in [-0.1, -0.05) is 11.6 Å². The van der Waals surface area contributed by atoms with Gasteiger partial charge in [0.2, 0.25) is 0 Å². The first-order valence-electron chi connectivity index (χ1n) is 6.39. The number of carbonyl (C=O) groups excluding carboxylic acids is 1. The third kappa shape index (κ3) is 3.00. The van der Waals surface area contributed by atoms with Gasteiger partial charge in [-0.2, -0.15) is 0 Å². The first-order chi connectivity index (χ1) is 10.9. The second kappa shape index (κ2) is 6.70. The van der Waals surface area contributed by atoms with Gasteiger partial charge in [-0.05, 0) is 18.2 Å². The number of aromatic nitrogens is 1. The Hall–Kier alpha value is -2.54. The molecule has 122 valence electrons. The molecule has 0 radical (unpaired) electrons. The smallest absolute Gasteiger partial charge is 0.360 e. The molecule has 6 nitrogen and oxygen atoms in total. The van der Waals surface area contributed by atoms with Crippen LogP contribution in [0.5, 0.6) is 11.5 Å². The van der Waals surface area contributed by atoms with E-state index in [9.17, 15) is 9.18 Å². The molecule has 8 heteroatoms. The number of pyridine rings is 1. The Morgan fingerprint density at radius 2 is 1.87 bits per heavy atom. The van der Waals surface area contributed by atoms with Crippen molar-refractivity contribution >= 4 is 23.3 Å². The third-order valence-electron chi connectivity index (χ3n) is 3.11. The second-order valence-electron chi connectivity index (χ2n) is 4.41. The topological polar surface area (TPSA) is 83.7 Å². The molecule has 0 aliphatic heterocycles. The first-order valence-corrected chi connectivity index (χ1v) is 6.77. The van der Waals surface area contributed by atoms with Gasteiger partial charge in [-0.15, -0.1) is 0 Å². The van der Waals surface area contributed by atoms with Crippen molar-refractivity contribution in [2.45, 2.75) is 0 Å². The van der Waals surface area contributed by atoms with Gasteiger partial charge in [0.1, 0.15) is 0 Å². The van der Waals surface area contributed by atoms with Crippen LogP contribution in [0, 0.1) is 5.82 Å². The molecule has 1 aromatic heterocycles. The van der Waals surface area contributed by atoms with Crippen LogP contribution in [0.4, 0.5) is 10.1 Å². The van der Waals surface area contributed by atoms with E-state index in [0.29, 0.717) is 0 Å². The summed E-state index contributed by atoms with van der Waals surface area (Å²) in [4.78, 5) is 15.9. The minimum atomic E-state index is -0.753. The first kappa shape index (κ1) is 16.8. The van der Waals surface area contributed by atoms with Crippen molar-refractivity contribution in [1.29, 1.82) is 0 Å². The fourth-order valence-electron chi connectivity index (χ4n) is 2.06. The SMILES string of the molecule is COC(=O)c1nc(-c2ccc(Cl)c(OC)c2F)cc(N)c1OC. The number of methoxy groups -OCH3 is 3. The minimum Gasteiger partial charge on any atom is -0.492 e. The highest BCUT2D eigenvalue weighted by molar-refractivity contribution is 6.32. The Morgan fingerprint density at radius 3 is 2.43 bits per heavy atom. The number of hydrogen-bond acceptors (Lipinski definition) is 6. The number of halogens is 2. The van der Waals surface area contributed by atoms with Gasteiger partial charge >= 0.3 is 5.97 Å². The zero-order valence-electron chi connectivity index (χ0n) is 12.6. The van der Waals surface area contributed by atoms with Gasteiger partial charge in [-0.25, -0.2) is 14.2 Å². The fraction of sp³-hybridized carbons (Fsp3) is 0.200. The number of nitrogens with zero attached hydrogens (tertiary/aromatic N) is 1. The summed E-state index contributed by atoms with van der Waals surface area (Å²) in [7, 11) is 3.83. The van der Waals surface area contributed by atoms with E-state index in [0.717, 1.165) is 0 Å². The summed E-state index contributed by atoms with van der Waals surface area (Å²) in [5.41, 5.74) is 6.02. The fourth-order valence-corrected chi connectivity index (χ4v) is 2.28. The average Bonchev–Trinajstić information content (AvgIpc) is 2.53. The summed E-state index contributed by atoms with van der Waals surface area (Å²) in [5, 5.41) is 0.114. The zero-order valence-corrected chi connectivity index (χ0v) is 13.4. The molecule has 1 aromatic carbocycles. The molecular formula is C15H14ClFN2O4. The van der Waals surface area contributed by atoms with Gasteiger partial charge in [0, 0.05) is 5.56 Å². The number of ether oxygens (including phenoxy) is 3.